The number of aliphatic carboxylic acids is 1. The van der Waals surface area contributed by atoms with Crippen LogP contribution in [0.1, 0.15) is 60.5 Å². The van der Waals surface area contributed by atoms with E-state index in [9.17, 15) is 14.3 Å². The van der Waals surface area contributed by atoms with Crippen LogP contribution in [0.5, 0.6) is 0 Å². The summed E-state index contributed by atoms with van der Waals surface area (Å²) in [6.07, 6.45) is 6.58. The molecule has 0 bridgehead atoms. The first kappa shape index (κ1) is 27.0. The number of pyridine rings is 1. The predicted octanol–water partition coefficient (Wildman–Crippen LogP) is 4.12. The Bertz CT molecular complexity index is 1090. The second kappa shape index (κ2) is 13.0. The van der Waals surface area contributed by atoms with E-state index in [2.05, 4.69) is 17.4 Å². The van der Waals surface area contributed by atoms with Crippen molar-refractivity contribution in [1.29, 1.82) is 0 Å². The van der Waals surface area contributed by atoms with E-state index in [0.29, 0.717) is 44.0 Å². The van der Waals surface area contributed by atoms with Crippen molar-refractivity contribution in [2.45, 2.75) is 69.8 Å². The van der Waals surface area contributed by atoms with Gasteiger partial charge >= 0.3 is 5.97 Å². The molecule has 1 aromatic carbocycles. The maximum absolute atomic E-state index is 14.2. The lowest BCUT2D eigenvalue weighted by Gasteiger charge is -2.27. The van der Waals surface area contributed by atoms with Crippen LogP contribution < -0.4 is 5.32 Å². The molecule has 0 aliphatic carbocycles. The van der Waals surface area contributed by atoms with E-state index in [-0.39, 0.29) is 18.8 Å². The van der Waals surface area contributed by atoms with Crippen molar-refractivity contribution in [3.05, 3.63) is 58.5 Å². The number of fused-ring (bicyclic) bond motifs is 1. The van der Waals surface area contributed by atoms with E-state index in [1.54, 1.807) is 6.07 Å². The van der Waals surface area contributed by atoms with Crippen molar-refractivity contribution in [2.75, 3.05) is 44.8 Å². The average Bonchev–Trinajstić information content (AvgIpc) is 3.60. The Labute approximate surface area is 223 Å². The fourth-order valence-corrected chi connectivity index (χ4v) is 5.58. The van der Waals surface area contributed by atoms with Crippen LogP contribution in [0, 0.1) is 5.82 Å². The number of carbonyl (C=O) groups is 1. The molecule has 0 spiro atoms. The molecule has 0 saturated carbocycles. The topological polar surface area (TPSA) is 93.2 Å². The summed E-state index contributed by atoms with van der Waals surface area (Å²) < 4.78 is 31.6. The number of anilines is 1. The molecule has 1 aromatic heterocycles. The monoisotopic (exact) mass is 527 g/mol. The predicted molar refractivity (Wildman–Crippen MR) is 141 cm³/mol. The van der Waals surface area contributed by atoms with Crippen LogP contribution in [0.4, 0.5) is 10.2 Å². The number of hydrogen-bond acceptors (Lipinski definition) is 7. The number of halogens is 1. The number of hydrogen-bond donors (Lipinski definition) is 2. The first-order valence-corrected chi connectivity index (χ1v) is 13.9. The lowest BCUT2D eigenvalue weighted by molar-refractivity contribution is -0.143. The maximum atomic E-state index is 14.2. The van der Waals surface area contributed by atoms with Crippen molar-refractivity contribution < 1.29 is 28.5 Å². The van der Waals surface area contributed by atoms with Crippen molar-refractivity contribution in [3.8, 4) is 0 Å². The van der Waals surface area contributed by atoms with Crippen molar-refractivity contribution in [3.63, 3.8) is 0 Å². The van der Waals surface area contributed by atoms with Crippen molar-refractivity contribution in [2.24, 2.45) is 0 Å². The summed E-state index contributed by atoms with van der Waals surface area (Å²) in [7, 11) is 0. The van der Waals surface area contributed by atoms with Gasteiger partial charge in [0, 0.05) is 38.5 Å². The van der Waals surface area contributed by atoms with E-state index >= 15 is 0 Å². The van der Waals surface area contributed by atoms with Gasteiger partial charge in [-0.25, -0.2) is 9.37 Å². The third-order valence-electron chi connectivity index (χ3n) is 7.67. The number of ether oxygens (including phenoxy) is 3. The molecular weight excluding hydrogens is 489 g/mol. The van der Waals surface area contributed by atoms with Gasteiger partial charge in [0.15, 0.2) is 0 Å². The van der Waals surface area contributed by atoms with E-state index in [4.69, 9.17) is 19.2 Å². The van der Waals surface area contributed by atoms with Crippen LogP contribution in [-0.4, -0.2) is 72.6 Å². The third-order valence-corrected chi connectivity index (χ3v) is 7.67. The second-order valence-electron chi connectivity index (χ2n) is 10.5. The number of rotatable bonds is 12. The molecule has 206 valence electrons. The van der Waals surface area contributed by atoms with E-state index in [1.807, 2.05) is 4.90 Å². The van der Waals surface area contributed by atoms with Gasteiger partial charge < -0.3 is 24.6 Å². The maximum Gasteiger partial charge on any atom is 0.325 e. The molecular formula is C29H38FN3O5. The highest BCUT2D eigenvalue weighted by Crippen LogP contribution is 2.31. The lowest BCUT2D eigenvalue weighted by atomic mass is 9.99. The number of aromatic nitrogens is 1. The SMILES string of the molecule is O=C(O)C(c1cc(F)ccc1COC1CCOC1)N1CCC(OCCCCc2ccc3c(n2)NCCC3)C1. The Morgan fingerprint density at radius 2 is 2.13 bits per heavy atom. The zero-order chi connectivity index (χ0) is 26.3. The lowest BCUT2D eigenvalue weighted by Crippen LogP contribution is -2.34. The Morgan fingerprint density at radius 3 is 2.97 bits per heavy atom. The van der Waals surface area contributed by atoms with Crippen LogP contribution in [0.3, 0.4) is 0 Å². The van der Waals surface area contributed by atoms with Gasteiger partial charge in [-0.2, -0.15) is 0 Å². The summed E-state index contributed by atoms with van der Waals surface area (Å²) >= 11 is 0. The van der Waals surface area contributed by atoms with Crippen LogP contribution in [0.15, 0.2) is 30.3 Å². The molecule has 0 radical (unpaired) electrons. The molecule has 38 heavy (non-hydrogen) atoms. The van der Waals surface area contributed by atoms with Crippen LogP contribution >= 0.6 is 0 Å². The average molecular weight is 528 g/mol. The molecule has 9 heteroatoms. The molecule has 2 aromatic rings. The highest BCUT2D eigenvalue weighted by molar-refractivity contribution is 5.76. The molecule has 3 aliphatic rings. The molecule has 5 rings (SSSR count). The van der Waals surface area contributed by atoms with E-state index in [0.717, 1.165) is 63.0 Å². The van der Waals surface area contributed by atoms with E-state index in [1.165, 1.54) is 17.7 Å². The quantitative estimate of drug-likeness (QED) is 0.398. The van der Waals surface area contributed by atoms with Gasteiger partial charge in [-0.1, -0.05) is 12.1 Å². The molecule has 8 nitrogen and oxygen atoms in total. The summed E-state index contributed by atoms with van der Waals surface area (Å²) in [5, 5.41) is 13.5. The fraction of sp³-hybridized carbons (Fsp3) is 0.586. The molecule has 3 unspecified atom stereocenters. The Morgan fingerprint density at radius 1 is 1.21 bits per heavy atom. The van der Waals surface area contributed by atoms with Gasteiger partial charge in [0.2, 0.25) is 0 Å². The van der Waals surface area contributed by atoms with Crippen molar-refractivity contribution >= 4 is 11.8 Å². The molecule has 3 atom stereocenters. The Hall–Kier alpha value is -2.59. The molecule has 2 N–H and O–H groups in total. The number of likely N-dealkylation sites (tertiary alicyclic amines) is 1. The smallest absolute Gasteiger partial charge is 0.325 e. The minimum absolute atomic E-state index is 0.0135. The van der Waals surface area contributed by atoms with Gasteiger partial charge in [0.1, 0.15) is 17.7 Å². The minimum Gasteiger partial charge on any atom is -0.480 e. The van der Waals surface area contributed by atoms with Crippen LogP contribution in [0.2, 0.25) is 0 Å². The summed E-state index contributed by atoms with van der Waals surface area (Å²) in [6, 6.07) is 7.70. The van der Waals surface area contributed by atoms with Gasteiger partial charge in [0.05, 0.1) is 25.4 Å². The van der Waals surface area contributed by atoms with Gasteiger partial charge in [-0.3, -0.25) is 9.69 Å². The molecule has 3 aliphatic heterocycles. The zero-order valence-corrected chi connectivity index (χ0v) is 21.9. The minimum atomic E-state index is -0.992. The number of carboxylic acid groups (broad SMARTS) is 1. The summed E-state index contributed by atoms with van der Waals surface area (Å²) in [5.74, 6) is -0.409. The Kier molecular flexibility index (Phi) is 9.22. The van der Waals surface area contributed by atoms with E-state index < -0.39 is 17.8 Å². The van der Waals surface area contributed by atoms with Gasteiger partial charge in [0.25, 0.3) is 0 Å². The third kappa shape index (κ3) is 6.88. The largest absolute Gasteiger partial charge is 0.480 e. The first-order chi connectivity index (χ1) is 18.6. The van der Waals surface area contributed by atoms with Crippen LogP contribution in [-0.2, 0) is 38.5 Å². The number of carboxylic acids is 1. The number of benzene rings is 1. The number of unbranched alkanes of at least 4 members (excludes halogenated alkanes) is 1. The zero-order valence-electron chi connectivity index (χ0n) is 21.9. The molecule has 2 saturated heterocycles. The molecule has 0 amide bonds. The van der Waals surface area contributed by atoms with Crippen LogP contribution in [0.25, 0.3) is 0 Å². The highest BCUT2D eigenvalue weighted by atomic mass is 19.1. The van der Waals surface area contributed by atoms with Crippen molar-refractivity contribution in [1.82, 2.24) is 9.88 Å². The number of aryl methyl sites for hydroxylation is 2. The number of nitrogens with zero attached hydrogens (tertiary/aromatic N) is 2. The molecule has 2 fully saturated rings. The summed E-state index contributed by atoms with van der Waals surface area (Å²) in [4.78, 5) is 19.0. The summed E-state index contributed by atoms with van der Waals surface area (Å²) in [5.41, 5.74) is 3.55. The number of nitrogens with one attached hydrogen (secondary N) is 1. The Balaban J connectivity index is 1.11. The summed E-state index contributed by atoms with van der Waals surface area (Å²) in [6.45, 7) is 4.13. The normalized spacial score (nSPS) is 22.2. The van der Waals surface area contributed by atoms with Gasteiger partial charge in [-0.15, -0.1) is 0 Å². The highest BCUT2D eigenvalue weighted by Gasteiger charge is 2.35. The first-order valence-electron chi connectivity index (χ1n) is 13.9. The van der Waals surface area contributed by atoms with Gasteiger partial charge in [-0.05, 0) is 79.8 Å². The standard InChI is InChI=1S/C29H38FN3O5/c30-22-8-6-21(18-38-25-11-15-36-19-25)26(16-22)27(29(34)35)33-13-10-24(17-33)37-14-2-1-5-23-9-7-20-4-3-12-31-28(20)32-23/h6-9,16,24-25,27H,1-5,10-15,17-19H2,(H,31,32)(H,34,35). The fourth-order valence-electron chi connectivity index (χ4n) is 5.58. The second-order valence-corrected chi connectivity index (χ2v) is 10.5. The molecule has 4 heterocycles.